The summed E-state index contributed by atoms with van der Waals surface area (Å²) in [7, 11) is -3.84. The van der Waals surface area contributed by atoms with Gasteiger partial charge >= 0.3 is 0 Å². The van der Waals surface area contributed by atoms with Crippen LogP contribution in [0.2, 0.25) is 0 Å². The Morgan fingerprint density at radius 3 is 2.55 bits per heavy atom. The van der Waals surface area contributed by atoms with Crippen LogP contribution in [0.5, 0.6) is 0 Å². The van der Waals surface area contributed by atoms with Crippen LogP contribution in [0.25, 0.3) is 0 Å². The van der Waals surface area contributed by atoms with Crippen molar-refractivity contribution >= 4 is 27.3 Å². The lowest BCUT2D eigenvalue weighted by molar-refractivity contribution is -0.126. The number of sulfonamides is 1. The van der Waals surface area contributed by atoms with Gasteiger partial charge in [-0.15, -0.1) is 0 Å². The summed E-state index contributed by atoms with van der Waals surface area (Å²) in [4.78, 5) is 13.7. The van der Waals surface area contributed by atoms with Crippen molar-refractivity contribution in [3.8, 4) is 0 Å². The van der Waals surface area contributed by atoms with E-state index in [9.17, 15) is 13.2 Å². The molecule has 0 aliphatic carbocycles. The van der Waals surface area contributed by atoms with Crippen LogP contribution < -0.4 is 21.1 Å². The van der Waals surface area contributed by atoms with Gasteiger partial charge in [-0.2, -0.15) is 0 Å². The summed E-state index contributed by atoms with van der Waals surface area (Å²) in [5.41, 5.74) is 5.80. The van der Waals surface area contributed by atoms with E-state index in [1.807, 2.05) is 4.90 Å². The number of nitrogens with one attached hydrogen (secondary N) is 1. The molecule has 110 valence electrons. The molecule has 1 saturated heterocycles. The van der Waals surface area contributed by atoms with Crippen LogP contribution >= 0.6 is 0 Å². The molecule has 0 bridgehead atoms. The summed E-state index contributed by atoms with van der Waals surface area (Å²) in [5.74, 6) is -0.122. The number of rotatable bonds is 2. The Hall–Kier alpha value is -1.80. The number of benzene rings is 1. The van der Waals surface area contributed by atoms with Gasteiger partial charge in [0.25, 0.3) is 0 Å². The first-order chi connectivity index (χ1) is 9.12. The normalized spacial score (nSPS) is 18.8. The molecule has 0 aromatic heterocycles. The number of anilines is 2. The van der Waals surface area contributed by atoms with Crippen LogP contribution in [0, 0.1) is 0 Å². The number of primary sulfonamides is 1. The first kappa shape index (κ1) is 14.6. The van der Waals surface area contributed by atoms with Gasteiger partial charge in [0.2, 0.25) is 15.9 Å². The average Bonchev–Trinajstić information content (AvgIpc) is 2.30. The molecule has 0 unspecified atom stereocenters. The summed E-state index contributed by atoms with van der Waals surface area (Å²) < 4.78 is 22.9. The molecule has 1 aromatic carbocycles. The molecule has 8 heteroatoms. The highest BCUT2D eigenvalue weighted by atomic mass is 32.2. The molecule has 5 N–H and O–H groups in total. The molecular formula is C12H18N4O3S. The predicted molar refractivity (Wildman–Crippen MR) is 76.7 cm³/mol. The highest BCUT2D eigenvalue weighted by Gasteiger charge is 2.38. The maximum absolute atomic E-state index is 11.9. The molecule has 0 atom stereocenters. The lowest BCUT2D eigenvalue weighted by atomic mass is 9.98. The largest absolute Gasteiger partial charge is 0.399 e. The van der Waals surface area contributed by atoms with Crippen LogP contribution in [-0.2, 0) is 14.8 Å². The van der Waals surface area contributed by atoms with Crippen molar-refractivity contribution in [3.05, 3.63) is 18.2 Å². The standard InChI is InChI=1S/C12H18N4O3S/c1-12(2)11(17)15-3-4-16(12)9-5-8(13)6-10(7-9)20(14,18)19/h5-7H,3-4,13H2,1-2H3,(H,15,17)(H2,14,18,19). The van der Waals surface area contributed by atoms with Gasteiger partial charge in [-0.05, 0) is 32.0 Å². The van der Waals surface area contributed by atoms with E-state index in [2.05, 4.69) is 5.32 Å². The monoisotopic (exact) mass is 298 g/mol. The highest BCUT2D eigenvalue weighted by molar-refractivity contribution is 7.89. The fourth-order valence-electron chi connectivity index (χ4n) is 2.28. The third kappa shape index (κ3) is 2.56. The van der Waals surface area contributed by atoms with Crippen molar-refractivity contribution in [3.63, 3.8) is 0 Å². The quantitative estimate of drug-likeness (QED) is 0.644. The van der Waals surface area contributed by atoms with Gasteiger partial charge in [0.05, 0.1) is 4.90 Å². The van der Waals surface area contributed by atoms with Crippen LogP contribution in [0.3, 0.4) is 0 Å². The van der Waals surface area contributed by atoms with Crippen molar-refractivity contribution in [2.24, 2.45) is 5.14 Å². The molecule has 2 rings (SSSR count). The van der Waals surface area contributed by atoms with Gasteiger partial charge in [-0.1, -0.05) is 0 Å². The molecule has 0 saturated carbocycles. The van der Waals surface area contributed by atoms with Crippen molar-refractivity contribution in [2.45, 2.75) is 24.3 Å². The van der Waals surface area contributed by atoms with Crippen molar-refractivity contribution in [1.29, 1.82) is 0 Å². The molecule has 0 radical (unpaired) electrons. The Labute approximate surface area is 118 Å². The maximum atomic E-state index is 11.9. The Balaban J connectivity index is 2.52. The number of nitrogens with zero attached hydrogens (tertiary/aromatic N) is 1. The third-order valence-electron chi connectivity index (χ3n) is 3.41. The number of nitrogen functional groups attached to an aromatic ring is 1. The first-order valence-electron chi connectivity index (χ1n) is 6.12. The van der Waals surface area contributed by atoms with Gasteiger partial charge < -0.3 is 16.0 Å². The van der Waals surface area contributed by atoms with E-state index in [1.165, 1.54) is 12.1 Å². The fourth-order valence-corrected chi connectivity index (χ4v) is 2.86. The molecular weight excluding hydrogens is 280 g/mol. The zero-order valence-electron chi connectivity index (χ0n) is 11.4. The van der Waals surface area contributed by atoms with Crippen LogP contribution in [0.1, 0.15) is 13.8 Å². The molecule has 1 aromatic rings. The number of piperazine rings is 1. The summed E-state index contributed by atoms with van der Waals surface area (Å²) in [5, 5.41) is 7.91. The summed E-state index contributed by atoms with van der Waals surface area (Å²) >= 11 is 0. The minimum Gasteiger partial charge on any atom is -0.399 e. The van der Waals surface area contributed by atoms with E-state index in [0.29, 0.717) is 18.8 Å². The first-order valence-corrected chi connectivity index (χ1v) is 7.66. The molecule has 0 spiro atoms. The Bertz CT molecular complexity index is 655. The molecule has 1 fully saturated rings. The van der Waals surface area contributed by atoms with Crippen molar-refractivity contribution < 1.29 is 13.2 Å². The molecule has 1 aliphatic heterocycles. The van der Waals surface area contributed by atoms with Gasteiger partial charge in [0.15, 0.2) is 0 Å². The van der Waals surface area contributed by atoms with Crippen LogP contribution in [0.4, 0.5) is 11.4 Å². The molecule has 7 nitrogen and oxygen atoms in total. The molecule has 1 amide bonds. The summed E-state index contributed by atoms with van der Waals surface area (Å²) in [6.07, 6.45) is 0. The van der Waals surface area contributed by atoms with Gasteiger partial charge in [0.1, 0.15) is 5.54 Å². The Morgan fingerprint density at radius 1 is 1.30 bits per heavy atom. The summed E-state index contributed by atoms with van der Waals surface area (Å²) in [6.45, 7) is 4.58. The SMILES string of the molecule is CC1(C)C(=O)NCCN1c1cc(N)cc(S(N)(=O)=O)c1. The van der Waals surface area contributed by atoms with Crippen molar-refractivity contribution in [2.75, 3.05) is 23.7 Å². The average molecular weight is 298 g/mol. The number of carbonyl (C=O) groups is 1. The van der Waals surface area contributed by atoms with E-state index in [4.69, 9.17) is 10.9 Å². The number of carbonyl (C=O) groups excluding carboxylic acids is 1. The van der Waals surface area contributed by atoms with Crippen LogP contribution in [-0.4, -0.2) is 33.0 Å². The number of amides is 1. The number of nitrogens with two attached hydrogens (primary N) is 2. The molecule has 1 heterocycles. The second-order valence-corrected chi connectivity index (χ2v) is 6.83. The fraction of sp³-hybridized carbons (Fsp3) is 0.417. The second-order valence-electron chi connectivity index (χ2n) is 5.27. The summed E-state index contributed by atoms with van der Waals surface area (Å²) in [6, 6.07) is 4.37. The topological polar surface area (TPSA) is 119 Å². The van der Waals surface area contributed by atoms with Gasteiger partial charge in [-0.3, -0.25) is 4.79 Å². The van der Waals surface area contributed by atoms with Gasteiger partial charge in [-0.25, -0.2) is 13.6 Å². The van der Waals surface area contributed by atoms with Crippen molar-refractivity contribution in [1.82, 2.24) is 5.32 Å². The molecule has 20 heavy (non-hydrogen) atoms. The number of hydrogen-bond donors (Lipinski definition) is 3. The third-order valence-corrected chi connectivity index (χ3v) is 4.30. The lowest BCUT2D eigenvalue weighted by Gasteiger charge is -2.43. The van der Waals surface area contributed by atoms with E-state index < -0.39 is 15.6 Å². The Kier molecular flexibility index (Phi) is 3.39. The molecule has 1 aliphatic rings. The minimum absolute atomic E-state index is 0.0609. The van der Waals surface area contributed by atoms with E-state index in [1.54, 1.807) is 19.9 Å². The smallest absolute Gasteiger partial charge is 0.245 e. The maximum Gasteiger partial charge on any atom is 0.245 e. The zero-order valence-corrected chi connectivity index (χ0v) is 12.2. The van der Waals surface area contributed by atoms with E-state index in [0.717, 1.165) is 0 Å². The lowest BCUT2D eigenvalue weighted by Crippen LogP contribution is -2.62. The van der Waals surface area contributed by atoms with E-state index >= 15 is 0 Å². The Morgan fingerprint density at radius 2 is 1.95 bits per heavy atom. The zero-order chi connectivity index (χ0) is 15.1. The minimum atomic E-state index is -3.84. The number of hydrogen-bond acceptors (Lipinski definition) is 5. The predicted octanol–water partition coefficient (Wildman–Crippen LogP) is -0.369. The van der Waals surface area contributed by atoms with E-state index in [-0.39, 0.29) is 16.5 Å². The van der Waals surface area contributed by atoms with Gasteiger partial charge in [0, 0.05) is 24.5 Å². The van der Waals surface area contributed by atoms with Crippen LogP contribution in [0.15, 0.2) is 23.1 Å². The highest BCUT2D eigenvalue weighted by Crippen LogP contribution is 2.29. The second kappa shape index (κ2) is 4.64.